The zero-order valence-corrected chi connectivity index (χ0v) is 14.5. The van der Waals surface area contributed by atoms with Crippen molar-refractivity contribution in [2.75, 3.05) is 13.1 Å². The molecule has 1 aromatic heterocycles. The summed E-state index contributed by atoms with van der Waals surface area (Å²) in [4.78, 5) is 4.13. The third-order valence-corrected chi connectivity index (χ3v) is 5.50. The van der Waals surface area contributed by atoms with Crippen molar-refractivity contribution in [1.29, 1.82) is 5.26 Å². The highest BCUT2D eigenvalue weighted by molar-refractivity contribution is 5.32. The van der Waals surface area contributed by atoms with Crippen LogP contribution in [0.2, 0.25) is 0 Å². The lowest BCUT2D eigenvalue weighted by Gasteiger charge is -2.43. The predicted octanol–water partition coefficient (Wildman–Crippen LogP) is 3.42. The van der Waals surface area contributed by atoms with Crippen LogP contribution in [0, 0.1) is 22.7 Å². The quantitative estimate of drug-likeness (QED) is 0.846. The van der Waals surface area contributed by atoms with Crippen LogP contribution in [-0.2, 0) is 6.54 Å². The van der Waals surface area contributed by atoms with Crippen molar-refractivity contribution in [1.82, 2.24) is 19.9 Å². The van der Waals surface area contributed by atoms with Crippen LogP contribution in [0.25, 0.3) is 5.69 Å². The van der Waals surface area contributed by atoms with E-state index < -0.39 is 0 Å². The third-order valence-electron chi connectivity index (χ3n) is 5.50. The molecule has 0 bridgehead atoms. The van der Waals surface area contributed by atoms with Gasteiger partial charge in [0.05, 0.1) is 24.2 Å². The van der Waals surface area contributed by atoms with Gasteiger partial charge in [-0.05, 0) is 55.0 Å². The van der Waals surface area contributed by atoms with Crippen LogP contribution in [-0.4, -0.2) is 33.0 Å². The van der Waals surface area contributed by atoms with Gasteiger partial charge in [0.2, 0.25) is 0 Å². The maximum absolute atomic E-state index is 9.16. The Kier molecular flexibility index (Phi) is 4.96. The van der Waals surface area contributed by atoms with Crippen LogP contribution in [0.3, 0.4) is 0 Å². The van der Waals surface area contributed by atoms with Crippen molar-refractivity contribution in [2.24, 2.45) is 11.3 Å². The van der Waals surface area contributed by atoms with Gasteiger partial charge in [0.1, 0.15) is 0 Å². The smallest absolute Gasteiger partial charge is 0.0856 e. The molecular weight excluding hydrogens is 298 g/mol. The second kappa shape index (κ2) is 7.14. The molecule has 1 aliphatic rings. The second-order valence-electron chi connectivity index (χ2n) is 7.11. The summed E-state index contributed by atoms with van der Waals surface area (Å²) in [6.45, 7) is 7.63. The Balaban J connectivity index is 1.59. The molecule has 1 fully saturated rings. The van der Waals surface area contributed by atoms with Gasteiger partial charge in [-0.15, -0.1) is 0 Å². The maximum Gasteiger partial charge on any atom is 0.0856 e. The molecule has 0 N–H and O–H groups in total. The van der Waals surface area contributed by atoms with Crippen molar-refractivity contribution >= 4 is 0 Å². The Hall–Kier alpha value is -2.19. The average Bonchev–Trinajstić information content (AvgIpc) is 3.12. The summed E-state index contributed by atoms with van der Waals surface area (Å²) < 4.78 is 0. The minimum atomic E-state index is 0.209. The molecule has 5 heteroatoms. The highest BCUT2D eigenvalue weighted by Crippen LogP contribution is 2.41. The zero-order chi connectivity index (χ0) is 17.0. The molecule has 1 saturated heterocycles. The molecule has 2 aromatic rings. The first kappa shape index (κ1) is 16.7. The molecule has 2 heterocycles. The number of nitriles is 1. The first-order chi connectivity index (χ1) is 11.6. The first-order valence-electron chi connectivity index (χ1n) is 8.68. The molecule has 0 atom stereocenters. The number of aromatic nitrogens is 3. The fourth-order valence-corrected chi connectivity index (χ4v) is 3.61. The molecule has 0 amide bonds. The van der Waals surface area contributed by atoms with Crippen LogP contribution in [0.15, 0.2) is 36.7 Å². The van der Waals surface area contributed by atoms with Gasteiger partial charge >= 0.3 is 0 Å². The van der Waals surface area contributed by atoms with Crippen LogP contribution < -0.4 is 0 Å². The van der Waals surface area contributed by atoms with Gasteiger partial charge in [-0.1, -0.05) is 26.0 Å². The first-order valence-corrected chi connectivity index (χ1v) is 8.68. The van der Waals surface area contributed by atoms with Crippen molar-refractivity contribution < 1.29 is 0 Å². The number of benzene rings is 1. The van der Waals surface area contributed by atoms with Crippen molar-refractivity contribution in [3.8, 4) is 11.8 Å². The summed E-state index contributed by atoms with van der Waals surface area (Å²) in [5.74, 6) is 0.570. The summed E-state index contributed by atoms with van der Waals surface area (Å²) >= 11 is 0. The Morgan fingerprint density at radius 3 is 2.29 bits per heavy atom. The van der Waals surface area contributed by atoms with Crippen molar-refractivity contribution in [3.63, 3.8) is 0 Å². The molecule has 0 aliphatic carbocycles. The van der Waals surface area contributed by atoms with Crippen LogP contribution >= 0.6 is 0 Å². The maximum atomic E-state index is 9.16. The number of piperidine rings is 1. The molecule has 1 aliphatic heterocycles. The number of rotatable bonds is 5. The largest absolute Gasteiger partial charge is 0.299 e. The molecule has 0 unspecified atom stereocenters. The van der Waals surface area contributed by atoms with E-state index in [-0.39, 0.29) is 5.41 Å². The zero-order valence-electron chi connectivity index (χ0n) is 14.5. The van der Waals surface area contributed by atoms with Crippen LogP contribution in [0.4, 0.5) is 0 Å². The Morgan fingerprint density at radius 2 is 1.75 bits per heavy atom. The molecule has 0 spiro atoms. The van der Waals surface area contributed by atoms with Crippen molar-refractivity contribution in [3.05, 3.63) is 42.2 Å². The molecular formula is C19H25N5. The number of likely N-dealkylation sites (tertiary alicyclic amines) is 1. The topological polar surface area (TPSA) is 57.7 Å². The van der Waals surface area contributed by atoms with E-state index in [1.165, 1.54) is 5.56 Å². The molecule has 24 heavy (non-hydrogen) atoms. The van der Waals surface area contributed by atoms with E-state index in [0.717, 1.165) is 38.2 Å². The lowest BCUT2D eigenvalue weighted by molar-refractivity contribution is 0.0617. The van der Waals surface area contributed by atoms with Gasteiger partial charge < -0.3 is 0 Å². The van der Waals surface area contributed by atoms with Gasteiger partial charge in [0.15, 0.2) is 0 Å². The van der Waals surface area contributed by atoms with E-state index in [0.29, 0.717) is 12.3 Å². The number of nitrogens with zero attached hydrogens (tertiary/aromatic N) is 5. The highest BCUT2D eigenvalue weighted by Gasteiger charge is 2.37. The Morgan fingerprint density at radius 1 is 1.12 bits per heavy atom. The average molecular weight is 323 g/mol. The van der Waals surface area contributed by atoms with Gasteiger partial charge in [-0.3, -0.25) is 4.90 Å². The normalized spacial score (nSPS) is 17.8. The molecule has 5 nitrogen and oxygen atoms in total. The molecule has 126 valence electrons. The van der Waals surface area contributed by atoms with Crippen LogP contribution in [0.5, 0.6) is 0 Å². The lowest BCUT2D eigenvalue weighted by Crippen LogP contribution is -2.42. The van der Waals surface area contributed by atoms with E-state index in [1.807, 2.05) is 0 Å². The van der Waals surface area contributed by atoms with E-state index in [2.05, 4.69) is 59.3 Å². The molecule has 3 rings (SSSR count). The third kappa shape index (κ3) is 3.49. The predicted molar refractivity (Wildman–Crippen MR) is 93.4 cm³/mol. The van der Waals surface area contributed by atoms with E-state index >= 15 is 0 Å². The van der Waals surface area contributed by atoms with Crippen LogP contribution in [0.1, 0.15) is 38.7 Å². The van der Waals surface area contributed by atoms with Crippen molar-refractivity contribution in [2.45, 2.75) is 39.7 Å². The van der Waals surface area contributed by atoms with E-state index in [9.17, 15) is 0 Å². The van der Waals surface area contributed by atoms with E-state index in [4.69, 9.17) is 5.26 Å². The minimum absolute atomic E-state index is 0.209. The fraction of sp³-hybridized carbons (Fsp3) is 0.526. The van der Waals surface area contributed by atoms with Gasteiger partial charge in [0, 0.05) is 13.0 Å². The highest BCUT2D eigenvalue weighted by atomic mass is 15.5. The van der Waals surface area contributed by atoms with Gasteiger partial charge in [-0.25, -0.2) is 0 Å². The fourth-order valence-electron chi connectivity index (χ4n) is 3.61. The lowest BCUT2D eigenvalue weighted by atomic mass is 9.68. The SMILES string of the molecule is CC(C)C1(CC#N)CCN(Cc2ccc(-n3nccn3)cc2)CC1. The minimum Gasteiger partial charge on any atom is -0.299 e. The number of hydrogen-bond donors (Lipinski definition) is 0. The summed E-state index contributed by atoms with van der Waals surface area (Å²) in [6, 6.07) is 10.8. The standard InChI is InChI=1S/C19H25N5/c1-16(2)19(7-10-20)8-13-23(14-9-19)15-17-3-5-18(6-4-17)24-21-11-12-22-24/h3-6,11-12,16H,7-9,13-15H2,1-2H3. The van der Waals surface area contributed by atoms with Gasteiger partial charge in [-0.2, -0.15) is 20.3 Å². The van der Waals surface area contributed by atoms with Gasteiger partial charge in [0.25, 0.3) is 0 Å². The summed E-state index contributed by atoms with van der Waals surface area (Å²) in [7, 11) is 0. The number of hydrogen-bond acceptors (Lipinski definition) is 4. The summed E-state index contributed by atoms with van der Waals surface area (Å²) in [5, 5.41) is 17.5. The Bertz CT molecular complexity index is 674. The summed E-state index contributed by atoms with van der Waals surface area (Å²) in [5.41, 5.74) is 2.50. The second-order valence-corrected chi connectivity index (χ2v) is 7.11. The molecule has 0 saturated carbocycles. The molecule has 0 radical (unpaired) electrons. The monoisotopic (exact) mass is 323 g/mol. The molecule has 1 aromatic carbocycles. The summed E-state index contributed by atoms with van der Waals surface area (Å²) in [6.07, 6.45) is 6.29. The van der Waals surface area contributed by atoms with E-state index in [1.54, 1.807) is 17.2 Å². The Labute approximate surface area is 143 Å².